The van der Waals surface area contributed by atoms with Gasteiger partial charge in [-0.15, -0.1) is 11.3 Å². The van der Waals surface area contributed by atoms with Gasteiger partial charge in [-0.2, -0.15) is 4.31 Å². The van der Waals surface area contributed by atoms with Crippen LogP contribution in [0.15, 0.2) is 46.0 Å². The highest BCUT2D eigenvalue weighted by Crippen LogP contribution is 2.32. The van der Waals surface area contributed by atoms with Crippen molar-refractivity contribution in [3.05, 3.63) is 52.9 Å². The first kappa shape index (κ1) is 15.2. The lowest BCUT2D eigenvalue weighted by atomic mass is 9.99. The van der Waals surface area contributed by atoms with Crippen LogP contribution in [0.2, 0.25) is 0 Å². The number of sulfonamides is 1. The number of carboxylic acid groups (broad SMARTS) is 1. The van der Waals surface area contributed by atoms with E-state index in [4.69, 9.17) is 5.11 Å². The molecular formula is C15H15NO4S2. The lowest BCUT2D eigenvalue weighted by molar-refractivity contribution is 0.0697. The van der Waals surface area contributed by atoms with Crippen LogP contribution in [0.4, 0.5) is 0 Å². The minimum atomic E-state index is -3.60. The molecule has 1 aliphatic heterocycles. The molecule has 1 aliphatic rings. The SMILES string of the molecule is O=C(O)c1csc(S(=O)(=O)N2CCC(c3ccccc3)C2)c1. The molecular weight excluding hydrogens is 322 g/mol. The van der Waals surface area contributed by atoms with E-state index in [-0.39, 0.29) is 15.7 Å². The molecule has 2 heterocycles. The molecule has 7 heteroatoms. The monoisotopic (exact) mass is 337 g/mol. The van der Waals surface area contributed by atoms with Crippen molar-refractivity contribution in [1.82, 2.24) is 4.31 Å². The predicted molar refractivity (Wildman–Crippen MR) is 83.8 cm³/mol. The third-order valence-corrected chi connectivity index (χ3v) is 7.12. The summed E-state index contributed by atoms with van der Waals surface area (Å²) >= 11 is 0.958. The normalized spacial score (nSPS) is 19.4. The zero-order chi connectivity index (χ0) is 15.7. The molecule has 1 fully saturated rings. The Morgan fingerprint density at radius 1 is 1.27 bits per heavy atom. The predicted octanol–water partition coefficient (Wildman–Crippen LogP) is 2.62. The van der Waals surface area contributed by atoms with Crippen LogP contribution < -0.4 is 0 Å². The smallest absolute Gasteiger partial charge is 0.336 e. The molecule has 3 rings (SSSR count). The molecule has 0 bridgehead atoms. The molecule has 0 spiro atoms. The molecule has 5 nitrogen and oxygen atoms in total. The van der Waals surface area contributed by atoms with Crippen molar-refractivity contribution in [1.29, 1.82) is 0 Å². The Kier molecular flexibility index (Phi) is 4.03. The number of hydrogen-bond donors (Lipinski definition) is 1. The summed E-state index contributed by atoms with van der Waals surface area (Å²) in [5, 5.41) is 10.3. The van der Waals surface area contributed by atoms with Gasteiger partial charge in [0.25, 0.3) is 10.0 Å². The Balaban J connectivity index is 1.80. The third kappa shape index (κ3) is 2.79. The average molecular weight is 337 g/mol. The van der Waals surface area contributed by atoms with Crippen LogP contribution in [0.1, 0.15) is 28.3 Å². The average Bonchev–Trinajstić information content (AvgIpc) is 3.18. The van der Waals surface area contributed by atoms with Crippen LogP contribution in [0.25, 0.3) is 0 Å². The van der Waals surface area contributed by atoms with Crippen molar-refractivity contribution < 1.29 is 18.3 Å². The fourth-order valence-corrected chi connectivity index (χ4v) is 5.44. The van der Waals surface area contributed by atoms with Crippen molar-refractivity contribution in [3.8, 4) is 0 Å². The molecule has 1 saturated heterocycles. The van der Waals surface area contributed by atoms with E-state index < -0.39 is 16.0 Å². The lowest BCUT2D eigenvalue weighted by Gasteiger charge is -2.15. The van der Waals surface area contributed by atoms with Gasteiger partial charge in [0.15, 0.2) is 0 Å². The van der Waals surface area contributed by atoms with Crippen LogP contribution >= 0.6 is 11.3 Å². The van der Waals surface area contributed by atoms with E-state index >= 15 is 0 Å². The fourth-order valence-electron chi connectivity index (χ4n) is 2.64. The Labute approximate surface area is 132 Å². The minimum absolute atomic E-state index is 0.0161. The molecule has 0 amide bonds. The van der Waals surface area contributed by atoms with Gasteiger partial charge < -0.3 is 5.11 Å². The maximum atomic E-state index is 12.6. The number of benzene rings is 1. The van der Waals surface area contributed by atoms with E-state index in [0.717, 1.165) is 23.3 Å². The van der Waals surface area contributed by atoms with Crippen molar-refractivity contribution in [2.24, 2.45) is 0 Å². The van der Waals surface area contributed by atoms with Gasteiger partial charge in [-0.25, -0.2) is 13.2 Å². The Hall–Kier alpha value is -1.70. The second-order valence-corrected chi connectivity index (χ2v) is 8.29. The molecule has 0 saturated carbocycles. The third-order valence-electron chi connectivity index (χ3n) is 3.84. The first-order chi connectivity index (χ1) is 10.5. The number of rotatable bonds is 4. The summed E-state index contributed by atoms with van der Waals surface area (Å²) in [6, 6.07) is 11.1. The first-order valence-corrected chi connectivity index (χ1v) is 9.17. The number of hydrogen-bond acceptors (Lipinski definition) is 4. The van der Waals surface area contributed by atoms with E-state index in [9.17, 15) is 13.2 Å². The Morgan fingerprint density at radius 2 is 2.00 bits per heavy atom. The van der Waals surface area contributed by atoms with E-state index in [1.54, 1.807) is 0 Å². The van der Waals surface area contributed by atoms with Crippen LogP contribution in [-0.4, -0.2) is 36.9 Å². The number of carboxylic acids is 1. The maximum Gasteiger partial charge on any atom is 0.336 e. The molecule has 1 aromatic heterocycles. The summed E-state index contributed by atoms with van der Waals surface area (Å²) in [5.41, 5.74) is 1.15. The summed E-state index contributed by atoms with van der Waals surface area (Å²) in [6.07, 6.45) is 0.778. The lowest BCUT2D eigenvalue weighted by Crippen LogP contribution is -2.28. The van der Waals surface area contributed by atoms with E-state index in [2.05, 4.69) is 0 Å². The molecule has 0 aliphatic carbocycles. The van der Waals surface area contributed by atoms with E-state index in [1.165, 1.54) is 15.8 Å². The van der Waals surface area contributed by atoms with Crippen molar-refractivity contribution >= 4 is 27.3 Å². The van der Waals surface area contributed by atoms with Gasteiger partial charge in [0, 0.05) is 18.5 Å². The Bertz CT molecular complexity index is 783. The largest absolute Gasteiger partial charge is 0.478 e. The highest BCUT2D eigenvalue weighted by Gasteiger charge is 2.34. The minimum Gasteiger partial charge on any atom is -0.478 e. The van der Waals surface area contributed by atoms with Gasteiger partial charge in [-0.05, 0) is 24.0 Å². The highest BCUT2D eigenvalue weighted by atomic mass is 32.2. The van der Waals surface area contributed by atoms with Crippen molar-refractivity contribution in [2.45, 2.75) is 16.5 Å². The molecule has 0 radical (unpaired) electrons. The number of carbonyl (C=O) groups is 1. The summed E-state index contributed by atoms with van der Waals surface area (Å²) in [6.45, 7) is 0.898. The Morgan fingerprint density at radius 3 is 2.64 bits per heavy atom. The highest BCUT2D eigenvalue weighted by molar-refractivity contribution is 7.91. The summed E-state index contributed by atoms with van der Waals surface area (Å²) < 4.78 is 26.7. The van der Waals surface area contributed by atoms with Crippen molar-refractivity contribution in [3.63, 3.8) is 0 Å². The second kappa shape index (κ2) is 5.83. The topological polar surface area (TPSA) is 74.7 Å². The molecule has 1 unspecified atom stereocenters. The zero-order valence-electron chi connectivity index (χ0n) is 11.7. The van der Waals surface area contributed by atoms with Gasteiger partial charge in [-0.1, -0.05) is 30.3 Å². The molecule has 2 aromatic rings. The summed E-state index contributed by atoms with van der Waals surface area (Å²) in [5.74, 6) is -0.920. The first-order valence-electron chi connectivity index (χ1n) is 6.85. The molecule has 1 N–H and O–H groups in total. The van der Waals surface area contributed by atoms with Gasteiger partial charge in [0.05, 0.1) is 5.56 Å². The fraction of sp³-hybridized carbons (Fsp3) is 0.267. The van der Waals surface area contributed by atoms with Gasteiger partial charge in [0.1, 0.15) is 4.21 Å². The molecule has 1 aromatic carbocycles. The quantitative estimate of drug-likeness (QED) is 0.930. The number of nitrogens with zero attached hydrogens (tertiary/aromatic N) is 1. The summed E-state index contributed by atoms with van der Waals surface area (Å²) in [4.78, 5) is 10.9. The second-order valence-electron chi connectivity index (χ2n) is 5.22. The standard InChI is InChI=1S/C15H15NO4S2/c17-15(18)13-8-14(21-10-13)22(19,20)16-7-6-12(9-16)11-4-2-1-3-5-11/h1-5,8,10,12H,6-7,9H2,(H,17,18). The van der Waals surface area contributed by atoms with Gasteiger partial charge in [-0.3, -0.25) is 0 Å². The van der Waals surface area contributed by atoms with Crippen LogP contribution in [0.3, 0.4) is 0 Å². The maximum absolute atomic E-state index is 12.6. The van der Waals surface area contributed by atoms with Crippen LogP contribution in [0, 0.1) is 0 Å². The van der Waals surface area contributed by atoms with Gasteiger partial charge in [0.2, 0.25) is 0 Å². The van der Waals surface area contributed by atoms with Gasteiger partial charge >= 0.3 is 5.97 Å². The van der Waals surface area contributed by atoms with E-state index in [0.29, 0.717) is 13.1 Å². The van der Waals surface area contributed by atoms with Crippen LogP contribution in [0.5, 0.6) is 0 Å². The number of thiophene rings is 1. The van der Waals surface area contributed by atoms with E-state index in [1.807, 2.05) is 30.3 Å². The van der Waals surface area contributed by atoms with Crippen molar-refractivity contribution in [2.75, 3.05) is 13.1 Å². The van der Waals surface area contributed by atoms with Crippen LogP contribution in [-0.2, 0) is 10.0 Å². The molecule has 1 atom stereocenters. The zero-order valence-corrected chi connectivity index (χ0v) is 13.3. The summed E-state index contributed by atoms with van der Waals surface area (Å²) in [7, 11) is -3.60. The number of aromatic carboxylic acids is 1. The molecule has 116 valence electrons. The molecule has 22 heavy (non-hydrogen) atoms.